The molecular weight excluding hydrogens is 319 g/mol. The van der Waals surface area contributed by atoms with Gasteiger partial charge in [-0.2, -0.15) is 0 Å². The zero-order valence-corrected chi connectivity index (χ0v) is 13.5. The topological polar surface area (TPSA) is 0 Å². The van der Waals surface area contributed by atoms with E-state index in [4.69, 9.17) is 0 Å². The SMILES string of the molecule is F[P+]([Se-])([Se-])c1ccccc1.[K+]. The van der Waals surface area contributed by atoms with Gasteiger partial charge in [0.1, 0.15) is 0 Å². The van der Waals surface area contributed by atoms with Crippen molar-refractivity contribution < 1.29 is 55.6 Å². The average molecular weight is 324 g/mol. The molecule has 1 aromatic carbocycles. The Labute approximate surface area is 125 Å². The van der Waals surface area contributed by atoms with Crippen LogP contribution in [0.15, 0.2) is 30.3 Å². The third kappa shape index (κ3) is 4.88. The molecule has 0 fully saturated rings. The normalized spacial score (nSPS) is 10.5. The summed E-state index contributed by atoms with van der Waals surface area (Å²) in [5.41, 5.74) is 0. The minimum absolute atomic E-state index is 0. The molecule has 0 saturated heterocycles. The molecule has 0 atom stereocenters. The van der Waals surface area contributed by atoms with E-state index in [1.54, 1.807) is 12.1 Å². The van der Waals surface area contributed by atoms with Crippen molar-refractivity contribution >= 4 is 41.4 Å². The summed E-state index contributed by atoms with van der Waals surface area (Å²) >= 11 is 5.04. The molecule has 0 spiro atoms. The average Bonchev–Trinajstić information content (AvgIpc) is 1.88. The van der Waals surface area contributed by atoms with Crippen molar-refractivity contribution in [3.05, 3.63) is 30.3 Å². The Hall–Kier alpha value is 2.26. The standard InChI is InChI=1S/C6H6FPSe2.K/c7-8(9,10)6-4-2-1-3-5-6;/h1-5H,(H,9,10);/q;+1/p-1. The zero-order chi connectivity index (χ0) is 7.61. The van der Waals surface area contributed by atoms with Crippen LogP contribution in [0.5, 0.6) is 0 Å². The van der Waals surface area contributed by atoms with Crippen molar-refractivity contribution in [2.45, 2.75) is 0 Å². The molecule has 54 valence electrons. The van der Waals surface area contributed by atoms with Crippen LogP contribution in [0, 0.1) is 0 Å². The fraction of sp³-hybridized carbons (Fsp3) is 0. The largest absolute Gasteiger partial charge is 1.00 e. The zero-order valence-electron chi connectivity index (χ0n) is 6.03. The van der Waals surface area contributed by atoms with Crippen molar-refractivity contribution in [1.29, 1.82) is 0 Å². The van der Waals surface area contributed by atoms with Gasteiger partial charge in [-0.1, -0.05) is 0 Å². The summed E-state index contributed by atoms with van der Waals surface area (Å²) in [4.78, 5) is -2.52. The van der Waals surface area contributed by atoms with Crippen LogP contribution in [0.25, 0.3) is 0 Å². The van der Waals surface area contributed by atoms with Gasteiger partial charge in [-0.25, -0.2) is 0 Å². The second-order valence-electron chi connectivity index (χ2n) is 1.82. The van der Waals surface area contributed by atoms with Crippen molar-refractivity contribution in [3.8, 4) is 0 Å². The third-order valence-electron chi connectivity index (χ3n) is 1.06. The van der Waals surface area contributed by atoms with Crippen LogP contribution in [0.3, 0.4) is 0 Å². The van der Waals surface area contributed by atoms with Gasteiger partial charge < -0.3 is 0 Å². The predicted octanol–water partition coefficient (Wildman–Crippen LogP) is -1.62. The number of benzene rings is 1. The van der Waals surface area contributed by atoms with Crippen LogP contribution in [-0.2, 0) is 0 Å². The fourth-order valence-electron chi connectivity index (χ4n) is 0.606. The van der Waals surface area contributed by atoms with Gasteiger partial charge >= 0.3 is 127 Å². The van der Waals surface area contributed by atoms with Gasteiger partial charge in [-0.3, -0.25) is 0 Å². The van der Waals surface area contributed by atoms with Crippen molar-refractivity contribution in [2.24, 2.45) is 0 Å². The van der Waals surface area contributed by atoms with Gasteiger partial charge in [-0.05, 0) is 0 Å². The summed E-state index contributed by atoms with van der Waals surface area (Å²) in [7, 11) is 0. The van der Waals surface area contributed by atoms with Crippen LogP contribution in [0.4, 0.5) is 4.20 Å². The Morgan fingerprint density at radius 3 is 1.82 bits per heavy atom. The maximum Gasteiger partial charge on any atom is 1.00 e. The van der Waals surface area contributed by atoms with Crippen molar-refractivity contribution in [3.63, 3.8) is 0 Å². The molecule has 1 aromatic rings. The smallest absolute Gasteiger partial charge is 1.00 e. The maximum atomic E-state index is 13.1. The molecule has 5 heteroatoms. The van der Waals surface area contributed by atoms with E-state index in [1.165, 1.54) is 0 Å². The molecule has 0 saturated carbocycles. The molecule has 0 radical (unpaired) electrons. The molecule has 0 aliphatic carbocycles. The van der Waals surface area contributed by atoms with Gasteiger partial charge in [0.15, 0.2) is 0 Å². The first-order valence-corrected chi connectivity index (χ1v) is 8.78. The van der Waals surface area contributed by atoms with Crippen molar-refractivity contribution in [2.75, 3.05) is 0 Å². The van der Waals surface area contributed by atoms with Gasteiger partial charge in [0.05, 0.1) is 0 Å². The molecule has 0 aromatic heterocycles. The Morgan fingerprint density at radius 2 is 1.55 bits per heavy atom. The Kier molecular flexibility index (Phi) is 7.08. The molecule has 0 amide bonds. The molecule has 0 aliphatic rings. The van der Waals surface area contributed by atoms with Gasteiger partial charge in [0.25, 0.3) is 0 Å². The summed E-state index contributed by atoms with van der Waals surface area (Å²) in [5.74, 6) is 0. The Balaban J connectivity index is 0.000001000. The molecule has 0 nitrogen and oxygen atoms in total. The molecule has 0 heterocycles. The first-order valence-electron chi connectivity index (χ1n) is 2.67. The summed E-state index contributed by atoms with van der Waals surface area (Å²) in [6.07, 6.45) is 0. The minimum Gasteiger partial charge on any atom is 1.00 e. The Morgan fingerprint density at radius 1 is 1.09 bits per heavy atom. The van der Waals surface area contributed by atoms with Gasteiger partial charge in [0, 0.05) is 0 Å². The fourth-order valence-corrected chi connectivity index (χ4v) is 2.67. The van der Waals surface area contributed by atoms with E-state index in [0.717, 1.165) is 5.30 Å². The third-order valence-corrected chi connectivity index (χ3v) is 4.63. The maximum absolute atomic E-state index is 13.1. The van der Waals surface area contributed by atoms with E-state index >= 15 is 0 Å². The van der Waals surface area contributed by atoms with E-state index in [9.17, 15) is 4.20 Å². The number of hydrogen-bond acceptors (Lipinski definition) is 0. The van der Waals surface area contributed by atoms with Crippen LogP contribution in [0.2, 0.25) is 0 Å². The minimum atomic E-state index is -2.52. The van der Waals surface area contributed by atoms with E-state index < -0.39 is 4.95 Å². The molecule has 0 N–H and O–H groups in total. The number of rotatable bonds is 1. The summed E-state index contributed by atoms with van der Waals surface area (Å²) in [5, 5.41) is 0.731. The van der Waals surface area contributed by atoms with Crippen LogP contribution in [0.1, 0.15) is 0 Å². The molecule has 11 heavy (non-hydrogen) atoms. The van der Waals surface area contributed by atoms with E-state index in [-0.39, 0.29) is 51.4 Å². The van der Waals surface area contributed by atoms with E-state index in [1.807, 2.05) is 18.2 Å². The second kappa shape index (κ2) is 5.88. The van der Waals surface area contributed by atoms with Gasteiger partial charge in [-0.15, -0.1) is 0 Å². The van der Waals surface area contributed by atoms with Crippen LogP contribution < -0.4 is 56.7 Å². The molecule has 0 unspecified atom stereocenters. The van der Waals surface area contributed by atoms with Crippen LogP contribution >= 0.6 is 4.95 Å². The summed E-state index contributed by atoms with van der Waals surface area (Å²) in [6.45, 7) is 0. The predicted molar refractivity (Wildman–Crippen MR) is 45.6 cm³/mol. The quantitative estimate of drug-likeness (QED) is 0.431. The first-order chi connectivity index (χ1) is 4.61. The monoisotopic (exact) mass is 326 g/mol. The Bertz CT molecular complexity index is 212. The number of hydrogen-bond donors (Lipinski definition) is 0. The number of halogens is 1. The molecule has 0 aliphatic heterocycles. The van der Waals surface area contributed by atoms with Crippen molar-refractivity contribution in [1.82, 2.24) is 0 Å². The molecule has 0 bridgehead atoms. The first kappa shape index (κ1) is 13.3. The molecular formula is C6H5FKPSe2. The van der Waals surface area contributed by atoms with Gasteiger partial charge in [0.2, 0.25) is 0 Å². The van der Waals surface area contributed by atoms with E-state index in [2.05, 4.69) is 31.1 Å². The van der Waals surface area contributed by atoms with E-state index in [0.29, 0.717) is 0 Å². The second-order valence-corrected chi connectivity index (χ2v) is 13.1. The van der Waals surface area contributed by atoms with Crippen LogP contribution in [-0.4, -0.2) is 31.1 Å². The summed E-state index contributed by atoms with van der Waals surface area (Å²) < 4.78 is 13.1. The molecule has 1 rings (SSSR count). The summed E-state index contributed by atoms with van der Waals surface area (Å²) in [6, 6.07) is 9.09.